The van der Waals surface area contributed by atoms with Crippen molar-refractivity contribution < 1.29 is 5.21 Å². The molecule has 0 unspecified atom stereocenters. The van der Waals surface area contributed by atoms with Crippen molar-refractivity contribution in [2.24, 2.45) is 10.9 Å². The standard InChI is InChI=1S/C14H22N4O/c15-14(16-19)7-4-8-17-9-11-18(12-10-17)13-5-2-1-3-6-13/h1-3,5-6,19H,4,7-12H2,(H2,15,16). The summed E-state index contributed by atoms with van der Waals surface area (Å²) in [6.07, 6.45) is 1.61. The van der Waals surface area contributed by atoms with Crippen molar-refractivity contribution in [3.63, 3.8) is 0 Å². The number of nitrogens with zero attached hydrogens (tertiary/aromatic N) is 3. The number of nitrogens with two attached hydrogens (primary N) is 1. The van der Waals surface area contributed by atoms with E-state index in [2.05, 4.69) is 39.2 Å². The van der Waals surface area contributed by atoms with Crippen molar-refractivity contribution >= 4 is 11.5 Å². The van der Waals surface area contributed by atoms with E-state index < -0.39 is 0 Å². The SMILES string of the molecule is N/C(CCCN1CCN(c2ccccc2)CC1)=N\O. The average Bonchev–Trinajstić information content (AvgIpc) is 2.48. The quantitative estimate of drug-likeness (QED) is 0.364. The van der Waals surface area contributed by atoms with Gasteiger partial charge in [0.2, 0.25) is 0 Å². The molecule has 5 nitrogen and oxygen atoms in total. The maximum absolute atomic E-state index is 8.48. The first-order valence-corrected chi connectivity index (χ1v) is 6.78. The predicted molar refractivity (Wildman–Crippen MR) is 77.7 cm³/mol. The van der Waals surface area contributed by atoms with Gasteiger partial charge in [-0.1, -0.05) is 23.4 Å². The fourth-order valence-corrected chi connectivity index (χ4v) is 2.40. The lowest BCUT2D eigenvalue weighted by Gasteiger charge is -2.36. The third-order valence-electron chi connectivity index (χ3n) is 3.53. The molecular weight excluding hydrogens is 240 g/mol. The van der Waals surface area contributed by atoms with Gasteiger partial charge in [-0.15, -0.1) is 0 Å². The van der Waals surface area contributed by atoms with Crippen LogP contribution in [0.4, 0.5) is 5.69 Å². The molecule has 0 bridgehead atoms. The normalized spacial score (nSPS) is 17.7. The largest absolute Gasteiger partial charge is 0.409 e. The molecular formula is C14H22N4O. The van der Waals surface area contributed by atoms with Gasteiger partial charge in [0.25, 0.3) is 0 Å². The van der Waals surface area contributed by atoms with Crippen molar-refractivity contribution in [2.75, 3.05) is 37.6 Å². The summed E-state index contributed by atoms with van der Waals surface area (Å²) in [6, 6.07) is 10.5. The summed E-state index contributed by atoms with van der Waals surface area (Å²) in [6.45, 7) is 5.29. The molecule has 0 spiro atoms. The van der Waals surface area contributed by atoms with Crippen molar-refractivity contribution in [3.8, 4) is 0 Å². The highest BCUT2D eigenvalue weighted by molar-refractivity contribution is 5.79. The Morgan fingerprint density at radius 3 is 2.47 bits per heavy atom. The van der Waals surface area contributed by atoms with Gasteiger partial charge >= 0.3 is 0 Å². The van der Waals surface area contributed by atoms with Crippen molar-refractivity contribution in [1.29, 1.82) is 0 Å². The van der Waals surface area contributed by atoms with E-state index in [1.54, 1.807) is 0 Å². The van der Waals surface area contributed by atoms with E-state index in [9.17, 15) is 0 Å². The smallest absolute Gasteiger partial charge is 0.139 e. The summed E-state index contributed by atoms with van der Waals surface area (Å²) in [5.74, 6) is 0.322. The second-order valence-electron chi connectivity index (χ2n) is 4.86. The summed E-state index contributed by atoms with van der Waals surface area (Å²) in [7, 11) is 0. The van der Waals surface area contributed by atoms with Gasteiger partial charge in [-0.25, -0.2) is 0 Å². The molecule has 0 atom stereocenters. The first-order valence-electron chi connectivity index (χ1n) is 6.78. The zero-order chi connectivity index (χ0) is 13.5. The Hall–Kier alpha value is -1.75. The van der Waals surface area contributed by atoms with Gasteiger partial charge in [-0.2, -0.15) is 0 Å². The molecule has 2 rings (SSSR count). The zero-order valence-electron chi connectivity index (χ0n) is 11.2. The van der Waals surface area contributed by atoms with Crippen LogP contribution in [0.5, 0.6) is 0 Å². The molecule has 104 valence electrons. The Morgan fingerprint density at radius 2 is 1.84 bits per heavy atom. The number of benzene rings is 1. The molecule has 0 amide bonds. The van der Waals surface area contributed by atoms with Crippen LogP contribution < -0.4 is 10.6 Å². The Morgan fingerprint density at radius 1 is 1.16 bits per heavy atom. The maximum atomic E-state index is 8.48. The Balaban J connectivity index is 1.71. The van der Waals surface area contributed by atoms with Crippen LogP contribution in [0, 0.1) is 0 Å². The monoisotopic (exact) mass is 262 g/mol. The van der Waals surface area contributed by atoms with Gasteiger partial charge < -0.3 is 15.8 Å². The molecule has 1 saturated heterocycles. The van der Waals surface area contributed by atoms with Crippen molar-refractivity contribution in [2.45, 2.75) is 12.8 Å². The molecule has 1 fully saturated rings. The second kappa shape index (κ2) is 6.99. The van der Waals surface area contributed by atoms with E-state index in [0.29, 0.717) is 12.3 Å². The van der Waals surface area contributed by atoms with E-state index in [4.69, 9.17) is 10.9 Å². The van der Waals surface area contributed by atoms with E-state index in [1.165, 1.54) is 5.69 Å². The minimum Gasteiger partial charge on any atom is -0.409 e. The van der Waals surface area contributed by atoms with Gasteiger partial charge in [-0.3, -0.25) is 4.90 Å². The van der Waals surface area contributed by atoms with Crippen LogP contribution in [0.2, 0.25) is 0 Å². The van der Waals surface area contributed by atoms with Gasteiger partial charge in [0, 0.05) is 38.3 Å². The zero-order valence-corrected chi connectivity index (χ0v) is 11.2. The molecule has 1 aromatic rings. The number of rotatable bonds is 5. The first kappa shape index (κ1) is 13.7. The number of piperazine rings is 1. The highest BCUT2D eigenvalue weighted by atomic mass is 16.4. The molecule has 1 aliphatic rings. The van der Waals surface area contributed by atoms with Gasteiger partial charge in [-0.05, 0) is 25.1 Å². The van der Waals surface area contributed by atoms with Crippen LogP contribution in [0.25, 0.3) is 0 Å². The highest BCUT2D eigenvalue weighted by Gasteiger charge is 2.16. The molecule has 0 aromatic heterocycles. The maximum Gasteiger partial charge on any atom is 0.139 e. The lowest BCUT2D eigenvalue weighted by Crippen LogP contribution is -2.46. The predicted octanol–water partition coefficient (Wildman–Crippen LogP) is 1.34. The molecule has 1 heterocycles. The van der Waals surface area contributed by atoms with Crippen LogP contribution in [0.3, 0.4) is 0 Å². The van der Waals surface area contributed by atoms with E-state index in [1.807, 2.05) is 6.07 Å². The molecule has 19 heavy (non-hydrogen) atoms. The van der Waals surface area contributed by atoms with Gasteiger partial charge in [0.15, 0.2) is 0 Å². The van der Waals surface area contributed by atoms with Crippen LogP contribution >= 0.6 is 0 Å². The summed E-state index contributed by atoms with van der Waals surface area (Å²) >= 11 is 0. The number of hydrogen-bond donors (Lipinski definition) is 2. The summed E-state index contributed by atoms with van der Waals surface area (Å²) in [5.41, 5.74) is 6.76. The average molecular weight is 262 g/mol. The van der Waals surface area contributed by atoms with Crippen LogP contribution in [-0.2, 0) is 0 Å². The van der Waals surface area contributed by atoms with Crippen LogP contribution in [0.1, 0.15) is 12.8 Å². The van der Waals surface area contributed by atoms with Crippen molar-refractivity contribution in [3.05, 3.63) is 30.3 Å². The molecule has 0 saturated carbocycles. The Kier molecular flexibility index (Phi) is 5.03. The topological polar surface area (TPSA) is 65.1 Å². The molecule has 3 N–H and O–H groups in total. The summed E-state index contributed by atoms with van der Waals surface area (Å²) in [4.78, 5) is 4.85. The van der Waals surface area contributed by atoms with Gasteiger partial charge in [0.05, 0.1) is 0 Å². The number of oxime groups is 1. The van der Waals surface area contributed by atoms with Crippen molar-refractivity contribution in [1.82, 2.24) is 4.90 Å². The lowest BCUT2D eigenvalue weighted by atomic mass is 10.2. The third kappa shape index (κ3) is 4.13. The number of anilines is 1. The van der Waals surface area contributed by atoms with Crippen LogP contribution in [0.15, 0.2) is 35.5 Å². The Bertz CT molecular complexity index is 399. The van der Waals surface area contributed by atoms with E-state index in [0.717, 1.165) is 39.1 Å². The molecule has 0 radical (unpaired) electrons. The number of para-hydroxylation sites is 1. The van der Waals surface area contributed by atoms with Crippen LogP contribution in [-0.4, -0.2) is 48.7 Å². The van der Waals surface area contributed by atoms with E-state index in [-0.39, 0.29) is 0 Å². The summed E-state index contributed by atoms with van der Waals surface area (Å²) < 4.78 is 0. The number of amidine groups is 1. The molecule has 0 aliphatic carbocycles. The highest BCUT2D eigenvalue weighted by Crippen LogP contribution is 2.15. The second-order valence-corrected chi connectivity index (χ2v) is 4.86. The minimum atomic E-state index is 0.322. The minimum absolute atomic E-state index is 0.322. The summed E-state index contributed by atoms with van der Waals surface area (Å²) in [5, 5.41) is 11.5. The van der Waals surface area contributed by atoms with Gasteiger partial charge in [0.1, 0.15) is 5.84 Å². The third-order valence-corrected chi connectivity index (χ3v) is 3.53. The molecule has 5 heteroatoms. The van der Waals surface area contributed by atoms with E-state index >= 15 is 0 Å². The Labute approximate surface area is 114 Å². The molecule has 1 aromatic carbocycles. The fraction of sp³-hybridized carbons (Fsp3) is 0.500. The first-order chi connectivity index (χ1) is 9.29. The fourth-order valence-electron chi connectivity index (χ4n) is 2.40. The lowest BCUT2D eigenvalue weighted by molar-refractivity contribution is 0.255. The number of hydrogen-bond acceptors (Lipinski definition) is 4. The molecule has 1 aliphatic heterocycles.